The number of thiophene rings is 1. The molecule has 9 heteroatoms. The molecule has 196 valence electrons. The van der Waals surface area contributed by atoms with Gasteiger partial charge >= 0.3 is 0 Å². The van der Waals surface area contributed by atoms with E-state index in [1.807, 2.05) is 61.7 Å². The largest absolute Gasteiger partial charge is 0.336 e. The highest BCUT2D eigenvalue weighted by Crippen LogP contribution is 2.42. The van der Waals surface area contributed by atoms with E-state index < -0.39 is 5.54 Å². The van der Waals surface area contributed by atoms with Crippen LogP contribution in [0.5, 0.6) is 0 Å². The number of likely N-dealkylation sites (tertiary alicyclic amines) is 1. The Hall–Kier alpha value is -2.55. The summed E-state index contributed by atoms with van der Waals surface area (Å²) < 4.78 is 3.79. The van der Waals surface area contributed by atoms with Crippen LogP contribution in [0.2, 0.25) is 5.02 Å². The molecule has 0 aliphatic carbocycles. The lowest BCUT2D eigenvalue weighted by atomic mass is 9.73. The molecule has 1 aliphatic heterocycles. The average molecular weight is 558 g/mol. The van der Waals surface area contributed by atoms with Gasteiger partial charge in [-0.1, -0.05) is 67.7 Å². The highest BCUT2D eigenvalue weighted by atomic mass is 35.5. The molecule has 2 heterocycles. The van der Waals surface area contributed by atoms with E-state index in [1.165, 1.54) is 11.9 Å². The normalized spacial score (nSPS) is 17.1. The van der Waals surface area contributed by atoms with Crippen LogP contribution in [0, 0.1) is 5.92 Å². The van der Waals surface area contributed by atoms with Crippen LogP contribution < -0.4 is 4.72 Å². The number of halogens is 1. The first-order valence-electron chi connectivity index (χ1n) is 12.4. The van der Waals surface area contributed by atoms with E-state index in [0.29, 0.717) is 49.5 Å². The van der Waals surface area contributed by atoms with Crippen LogP contribution in [0.1, 0.15) is 49.0 Å². The van der Waals surface area contributed by atoms with Crippen LogP contribution in [0.25, 0.3) is 10.1 Å². The van der Waals surface area contributed by atoms with Crippen molar-refractivity contribution in [2.45, 2.75) is 45.2 Å². The minimum absolute atomic E-state index is 0.0639. The molecule has 6 nitrogen and oxygen atoms in total. The monoisotopic (exact) mass is 557 g/mol. The van der Waals surface area contributed by atoms with Crippen molar-refractivity contribution in [2.75, 3.05) is 19.3 Å². The number of fused-ring (bicyclic) bond motifs is 1. The molecule has 3 amide bonds. The number of carbonyl (C=O) groups excluding carboxylic acids is 3. The summed E-state index contributed by atoms with van der Waals surface area (Å²) in [5, 5.41) is 3.42. The van der Waals surface area contributed by atoms with Crippen LogP contribution in [0.3, 0.4) is 0 Å². The first-order chi connectivity index (χ1) is 17.8. The maximum absolute atomic E-state index is 14.3. The van der Waals surface area contributed by atoms with Crippen LogP contribution in [-0.2, 0) is 16.1 Å². The summed E-state index contributed by atoms with van der Waals surface area (Å²) in [7, 11) is 0. The first-order valence-corrected chi connectivity index (χ1v) is 14.9. The number of hydrogen-bond donors (Lipinski definition) is 1. The minimum Gasteiger partial charge on any atom is -0.336 e. The molecule has 0 saturated carbocycles. The van der Waals surface area contributed by atoms with Crippen molar-refractivity contribution in [3.8, 4) is 0 Å². The van der Waals surface area contributed by atoms with Gasteiger partial charge in [-0.15, -0.1) is 11.3 Å². The highest BCUT2D eigenvalue weighted by molar-refractivity contribution is 7.97. The molecular weight excluding hydrogens is 526 g/mol. The Morgan fingerprint density at radius 3 is 2.65 bits per heavy atom. The van der Waals surface area contributed by atoms with Gasteiger partial charge in [-0.25, -0.2) is 0 Å². The molecule has 0 bridgehead atoms. The molecule has 1 N–H and O–H groups in total. The molecule has 0 spiro atoms. The zero-order chi connectivity index (χ0) is 26.6. The number of benzene rings is 2. The summed E-state index contributed by atoms with van der Waals surface area (Å²) in [5.74, 6) is -0.324. The lowest BCUT2D eigenvalue weighted by Crippen LogP contribution is -2.71. The van der Waals surface area contributed by atoms with E-state index in [1.54, 1.807) is 33.5 Å². The van der Waals surface area contributed by atoms with Gasteiger partial charge in [-0.3, -0.25) is 14.4 Å². The molecule has 0 radical (unpaired) electrons. The molecule has 4 rings (SSSR count). The zero-order valence-electron chi connectivity index (χ0n) is 21.3. The SMILES string of the molecule is CSNC(=O)CCCN(Cc1cccc(Cl)c1)C(=O)C1(C(C)C)CCN1C(=O)c1csc2ccccc12. The standard InChI is InChI=1S/C28H32ClN3O3S2/c1-19(2)28(13-15-32(28)26(34)23-18-37-24-11-5-4-10-22(23)24)27(35)31(14-7-12-25(33)30-36-3)17-20-8-6-9-21(29)16-20/h4-6,8-11,16,18-19H,7,12-15,17H2,1-3H3,(H,30,33). The second kappa shape index (κ2) is 11.9. The van der Waals surface area contributed by atoms with Gasteiger partial charge in [0.1, 0.15) is 5.54 Å². The molecule has 2 aromatic carbocycles. The van der Waals surface area contributed by atoms with Crippen molar-refractivity contribution in [1.82, 2.24) is 14.5 Å². The Morgan fingerprint density at radius 1 is 1.19 bits per heavy atom. The lowest BCUT2D eigenvalue weighted by Gasteiger charge is -2.55. The van der Waals surface area contributed by atoms with E-state index in [9.17, 15) is 14.4 Å². The van der Waals surface area contributed by atoms with E-state index in [4.69, 9.17) is 11.6 Å². The molecule has 3 aromatic rings. The molecule has 1 saturated heterocycles. The fraction of sp³-hybridized carbons (Fsp3) is 0.393. The number of nitrogens with one attached hydrogen (secondary N) is 1. The van der Waals surface area contributed by atoms with Crippen LogP contribution in [0.15, 0.2) is 53.9 Å². The van der Waals surface area contributed by atoms with E-state index in [2.05, 4.69) is 4.72 Å². The average Bonchev–Trinajstić information content (AvgIpc) is 3.27. The number of rotatable bonds is 10. The predicted molar refractivity (Wildman–Crippen MR) is 153 cm³/mol. The number of nitrogens with zero attached hydrogens (tertiary/aromatic N) is 2. The Bertz CT molecular complexity index is 1290. The van der Waals surface area contributed by atoms with Gasteiger partial charge in [0.2, 0.25) is 11.8 Å². The summed E-state index contributed by atoms with van der Waals surface area (Å²) in [6, 6.07) is 15.3. The van der Waals surface area contributed by atoms with Gasteiger partial charge in [0.05, 0.1) is 5.56 Å². The molecule has 1 aliphatic rings. The topological polar surface area (TPSA) is 69.7 Å². The maximum Gasteiger partial charge on any atom is 0.256 e. The summed E-state index contributed by atoms with van der Waals surface area (Å²) in [5.41, 5.74) is 0.628. The van der Waals surface area contributed by atoms with Crippen molar-refractivity contribution in [2.24, 2.45) is 5.92 Å². The van der Waals surface area contributed by atoms with Crippen molar-refractivity contribution >= 4 is 62.7 Å². The molecule has 1 aromatic heterocycles. The quantitative estimate of drug-likeness (QED) is 0.310. The van der Waals surface area contributed by atoms with Crippen LogP contribution in [0.4, 0.5) is 0 Å². The lowest BCUT2D eigenvalue weighted by molar-refractivity contribution is -0.156. The third kappa shape index (κ3) is 5.66. The van der Waals surface area contributed by atoms with Crippen LogP contribution in [-0.4, -0.2) is 52.4 Å². The summed E-state index contributed by atoms with van der Waals surface area (Å²) in [4.78, 5) is 43.7. The molecule has 37 heavy (non-hydrogen) atoms. The van der Waals surface area contributed by atoms with Gasteiger partial charge in [0.25, 0.3) is 5.91 Å². The van der Waals surface area contributed by atoms with E-state index in [-0.39, 0.29) is 23.6 Å². The van der Waals surface area contributed by atoms with Gasteiger partial charge in [-0.2, -0.15) is 0 Å². The van der Waals surface area contributed by atoms with Crippen LogP contribution >= 0.6 is 34.9 Å². The smallest absolute Gasteiger partial charge is 0.256 e. The Kier molecular flexibility index (Phi) is 8.82. The summed E-state index contributed by atoms with van der Waals surface area (Å²) in [6.45, 7) is 5.32. The summed E-state index contributed by atoms with van der Waals surface area (Å²) >= 11 is 9.03. The Balaban J connectivity index is 1.62. The fourth-order valence-corrected chi connectivity index (χ4v) is 6.56. The second-order valence-electron chi connectivity index (χ2n) is 9.62. The number of amides is 3. The highest BCUT2D eigenvalue weighted by Gasteiger charge is 2.56. The maximum atomic E-state index is 14.3. The molecule has 1 atom stereocenters. The van der Waals surface area contributed by atoms with Gasteiger partial charge < -0.3 is 14.5 Å². The van der Waals surface area contributed by atoms with E-state index in [0.717, 1.165) is 15.6 Å². The Morgan fingerprint density at radius 2 is 1.97 bits per heavy atom. The molecule has 1 fully saturated rings. The van der Waals surface area contributed by atoms with Gasteiger partial charge in [0.15, 0.2) is 0 Å². The van der Waals surface area contributed by atoms with Crippen molar-refractivity contribution in [3.63, 3.8) is 0 Å². The molecular formula is C28H32ClN3O3S2. The third-order valence-corrected chi connectivity index (χ3v) is 8.71. The van der Waals surface area contributed by atoms with Gasteiger partial charge in [-0.05, 0) is 42.5 Å². The number of carbonyl (C=O) groups is 3. The fourth-order valence-electron chi connectivity index (χ4n) is 5.08. The Labute approximate surface area is 231 Å². The first kappa shape index (κ1) is 27.5. The van der Waals surface area contributed by atoms with Crippen molar-refractivity contribution in [1.29, 1.82) is 0 Å². The second-order valence-corrected chi connectivity index (χ2v) is 11.6. The zero-order valence-corrected chi connectivity index (χ0v) is 23.7. The van der Waals surface area contributed by atoms with Crippen molar-refractivity contribution < 1.29 is 14.4 Å². The third-order valence-electron chi connectivity index (χ3n) is 7.08. The van der Waals surface area contributed by atoms with Crippen molar-refractivity contribution in [3.05, 3.63) is 70.1 Å². The van der Waals surface area contributed by atoms with E-state index >= 15 is 0 Å². The number of hydrogen-bond acceptors (Lipinski definition) is 5. The van der Waals surface area contributed by atoms with Gasteiger partial charge in [0, 0.05) is 52.8 Å². The minimum atomic E-state index is -0.930. The molecule has 1 unspecified atom stereocenters. The summed E-state index contributed by atoms with van der Waals surface area (Å²) in [6.07, 6.45) is 3.25. The predicted octanol–water partition coefficient (Wildman–Crippen LogP) is 6.00.